The van der Waals surface area contributed by atoms with Crippen molar-refractivity contribution < 1.29 is 4.79 Å². The standard InChI is InChI=1S/C18H21N5OS/c1-12-9-17-20-15(6-8-23(17)21-12)16-5-3-4-7-22(16)18(24)10-14-11-25-13(2)19-14/h6,8-9,11,16H,3-5,7,10H2,1-2H3. The van der Waals surface area contributed by atoms with Gasteiger partial charge in [0.25, 0.3) is 0 Å². The van der Waals surface area contributed by atoms with Crippen molar-refractivity contribution in [2.45, 2.75) is 45.6 Å². The maximum Gasteiger partial charge on any atom is 0.229 e. The third kappa shape index (κ3) is 3.28. The second-order valence-electron chi connectivity index (χ2n) is 6.57. The Morgan fingerprint density at radius 3 is 3.00 bits per heavy atom. The summed E-state index contributed by atoms with van der Waals surface area (Å²) < 4.78 is 1.78. The summed E-state index contributed by atoms with van der Waals surface area (Å²) in [5, 5.41) is 7.36. The van der Waals surface area contributed by atoms with Gasteiger partial charge in [0, 0.05) is 24.2 Å². The fraction of sp³-hybridized carbons (Fsp3) is 0.444. The molecule has 4 heterocycles. The molecule has 0 N–H and O–H groups in total. The molecule has 1 amide bonds. The molecule has 25 heavy (non-hydrogen) atoms. The molecule has 3 aromatic heterocycles. The smallest absolute Gasteiger partial charge is 0.229 e. The van der Waals surface area contributed by atoms with Crippen LogP contribution in [-0.2, 0) is 11.2 Å². The summed E-state index contributed by atoms with van der Waals surface area (Å²) in [5.41, 5.74) is 3.60. The Balaban J connectivity index is 1.59. The van der Waals surface area contributed by atoms with E-state index in [2.05, 4.69) is 10.1 Å². The SMILES string of the molecule is Cc1cc2nc(C3CCCCN3C(=O)Cc3csc(C)n3)ccn2n1. The molecule has 1 fully saturated rings. The van der Waals surface area contributed by atoms with Crippen molar-refractivity contribution >= 4 is 22.9 Å². The number of rotatable bonds is 3. The summed E-state index contributed by atoms with van der Waals surface area (Å²) in [5.74, 6) is 0.140. The summed E-state index contributed by atoms with van der Waals surface area (Å²) in [4.78, 5) is 24.0. The molecular formula is C18H21N5OS. The first-order chi connectivity index (χ1) is 12.1. The molecular weight excluding hydrogens is 334 g/mol. The zero-order chi connectivity index (χ0) is 17.4. The van der Waals surface area contributed by atoms with E-state index in [1.807, 2.05) is 42.5 Å². The van der Waals surface area contributed by atoms with Crippen molar-refractivity contribution in [3.05, 3.63) is 45.8 Å². The lowest BCUT2D eigenvalue weighted by molar-refractivity contribution is -0.134. The number of thiazole rings is 1. The van der Waals surface area contributed by atoms with Crippen molar-refractivity contribution in [2.75, 3.05) is 6.54 Å². The Kier molecular flexibility index (Phi) is 4.25. The lowest BCUT2D eigenvalue weighted by Crippen LogP contribution is -2.39. The Bertz CT molecular complexity index is 915. The van der Waals surface area contributed by atoms with E-state index >= 15 is 0 Å². The normalized spacial score (nSPS) is 18.0. The molecule has 4 rings (SSSR count). The van der Waals surface area contributed by atoms with E-state index in [1.165, 1.54) is 0 Å². The average molecular weight is 355 g/mol. The van der Waals surface area contributed by atoms with Crippen LogP contribution in [0, 0.1) is 13.8 Å². The number of likely N-dealkylation sites (tertiary alicyclic amines) is 1. The number of nitrogens with zero attached hydrogens (tertiary/aromatic N) is 5. The van der Waals surface area contributed by atoms with Gasteiger partial charge in [0.1, 0.15) is 0 Å². The van der Waals surface area contributed by atoms with Crippen LogP contribution in [0.1, 0.15) is 47.4 Å². The minimum absolute atomic E-state index is 0.0428. The van der Waals surface area contributed by atoms with E-state index in [0.717, 1.165) is 53.5 Å². The lowest BCUT2D eigenvalue weighted by Gasteiger charge is -2.35. The highest BCUT2D eigenvalue weighted by Crippen LogP contribution is 2.30. The van der Waals surface area contributed by atoms with Gasteiger partial charge in [-0.15, -0.1) is 11.3 Å². The second-order valence-corrected chi connectivity index (χ2v) is 7.64. The summed E-state index contributed by atoms with van der Waals surface area (Å²) in [6.45, 7) is 4.72. The molecule has 0 aliphatic carbocycles. The number of hydrogen-bond donors (Lipinski definition) is 0. The Morgan fingerprint density at radius 1 is 1.32 bits per heavy atom. The second kappa shape index (κ2) is 6.55. The van der Waals surface area contributed by atoms with Crippen LogP contribution < -0.4 is 0 Å². The zero-order valence-corrected chi connectivity index (χ0v) is 15.3. The predicted octanol–water partition coefficient (Wildman–Crippen LogP) is 3.10. The van der Waals surface area contributed by atoms with Crippen LogP contribution in [-0.4, -0.2) is 36.9 Å². The molecule has 1 atom stereocenters. The number of carbonyl (C=O) groups excluding carboxylic acids is 1. The van der Waals surface area contributed by atoms with Gasteiger partial charge in [-0.1, -0.05) is 0 Å². The van der Waals surface area contributed by atoms with Gasteiger partial charge >= 0.3 is 0 Å². The van der Waals surface area contributed by atoms with Gasteiger partial charge in [-0.25, -0.2) is 14.5 Å². The van der Waals surface area contributed by atoms with Gasteiger partial charge in [-0.05, 0) is 39.2 Å². The molecule has 1 aliphatic rings. The first kappa shape index (κ1) is 16.2. The third-order valence-corrected chi connectivity index (χ3v) is 5.45. The largest absolute Gasteiger partial charge is 0.334 e. The van der Waals surface area contributed by atoms with Crippen LogP contribution in [0.4, 0.5) is 0 Å². The van der Waals surface area contributed by atoms with Gasteiger partial charge in [0.15, 0.2) is 5.65 Å². The molecule has 0 bridgehead atoms. The molecule has 0 saturated carbocycles. The van der Waals surface area contributed by atoms with Crippen LogP contribution in [0.5, 0.6) is 0 Å². The molecule has 0 radical (unpaired) electrons. The van der Waals surface area contributed by atoms with Crippen LogP contribution in [0.25, 0.3) is 5.65 Å². The zero-order valence-electron chi connectivity index (χ0n) is 14.5. The van der Waals surface area contributed by atoms with E-state index in [1.54, 1.807) is 15.9 Å². The first-order valence-electron chi connectivity index (χ1n) is 8.63. The fourth-order valence-corrected chi connectivity index (χ4v) is 4.09. The first-order valence-corrected chi connectivity index (χ1v) is 9.51. The van der Waals surface area contributed by atoms with Gasteiger partial charge in [-0.3, -0.25) is 4.79 Å². The van der Waals surface area contributed by atoms with Crippen LogP contribution in [0.3, 0.4) is 0 Å². The highest BCUT2D eigenvalue weighted by Gasteiger charge is 2.29. The molecule has 3 aromatic rings. The minimum Gasteiger partial charge on any atom is -0.334 e. The number of piperidine rings is 1. The number of hydrogen-bond acceptors (Lipinski definition) is 5. The third-order valence-electron chi connectivity index (χ3n) is 4.63. The quantitative estimate of drug-likeness (QED) is 0.724. The number of amides is 1. The molecule has 1 aliphatic heterocycles. The molecule has 7 heteroatoms. The Labute approximate surface area is 150 Å². The molecule has 6 nitrogen and oxygen atoms in total. The lowest BCUT2D eigenvalue weighted by atomic mass is 9.98. The number of fused-ring (bicyclic) bond motifs is 1. The topological polar surface area (TPSA) is 63.4 Å². The highest BCUT2D eigenvalue weighted by molar-refractivity contribution is 7.09. The van der Waals surface area contributed by atoms with Gasteiger partial charge in [-0.2, -0.15) is 5.10 Å². The Morgan fingerprint density at radius 2 is 2.20 bits per heavy atom. The molecule has 0 aromatic carbocycles. The monoisotopic (exact) mass is 355 g/mol. The van der Waals surface area contributed by atoms with Gasteiger partial charge in [0.2, 0.25) is 5.91 Å². The maximum absolute atomic E-state index is 12.9. The van der Waals surface area contributed by atoms with Crippen LogP contribution >= 0.6 is 11.3 Å². The van der Waals surface area contributed by atoms with Crippen molar-refractivity contribution in [2.24, 2.45) is 0 Å². The molecule has 1 unspecified atom stereocenters. The van der Waals surface area contributed by atoms with Gasteiger partial charge in [0.05, 0.1) is 34.6 Å². The number of aromatic nitrogens is 4. The number of carbonyl (C=O) groups is 1. The van der Waals surface area contributed by atoms with Crippen molar-refractivity contribution in [3.63, 3.8) is 0 Å². The molecule has 0 spiro atoms. The Hall–Kier alpha value is -2.28. The van der Waals surface area contributed by atoms with Crippen molar-refractivity contribution in [3.8, 4) is 0 Å². The summed E-state index contributed by atoms with van der Waals surface area (Å²) in [6, 6.07) is 4.00. The van der Waals surface area contributed by atoms with Crippen molar-refractivity contribution in [1.29, 1.82) is 0 Å². The van der Waals surface area contributed by atoms with E-state index in [4.69, 9.17) is 4.98 Å². The summed E-state index contributed by atoms with van der Waals surface area (Å²) >= 11 is 1.59. The van der Waals surface area contributed by atoms with Crippen molar-refractivity contribution in [1.82, 2.24) is 24.5 Å². The van der Waals surface area contributed by atoms with E-state index < -0.39 is 0 Å². The molecule has 1 saturated heterocycles. The predicted molar refractivity (Wildman–Crippen MR) is 96.6 cm³/mol. The number of aryl methyl sites for hydroxylation is 2. The minimum atomic E-state index is 0.0428. The van der Waals surface area contributed by atoms with Crippen LogP contribution in [0.15, 0.2) is 23.7 Å². The summed E-state index contributed by atoms with van der Waals surface area (Å²) in [6.07, 6.45) is 5.43. The van der Waals surface area contributed by atoms with Crippen LogP contribution in [0.2, 0.25) is 0 Å². The highest BCUT2D eigenvalue weighted by atomic mass is 32.1. The van der Waals surface area contributed by atoms with Gasteiger partial charge < -0.3 is 4.90 Å². The maximum atomic E-state index is 12.9. The van der Waals surface area contributed by atoms with E-state index in [9.17, 15) is 4.79 Å². The van der Waals surface area contributed by atoms with E-state index in [0.29, 0.717) is 6.42 Å². The molecule has 130 valence electrons. The summed E-state index contributed by atoms with van der Waals surface area (Å²) in [7, 11) is 0. The van der Waals surface area contributed by atoms with E-state index in [-0.39, 0.29) is 11.9 Å². The average Bonchev–Trinajstić information content (AvgIpc) is 3.18. The fourth-order valence-electron chi connectivity index (χ4n) is 3.48.